The molecule has 0 aliphatic carbocycles. The quantitative estimate of drug-likeness (QED) is 0.912. The molecular formula is C11H12FNO4S2. The summed E-state index contributed by atoms with van der Waals surface area (Å²) < 4.78 is 38.6. The molecule has 0 spiro atoms. The zero-order valence-electron chi connectivity index (χ0n) is 9.98. The van der Waals surface area contributed by atoms with Crippen molar-refractivity contribution in [2.45, 2.75) is 23.2 Å². The molecule has 1 aromatic rings. The largest absolute Gasteiger partial charge is 0.480 e. The third-order valence-corrected chi connectivity index (χ3v) is 6.18. The van der Waals surface area contributed by atoms with E-state index in [1.165, 1.54) is 11.8 Å². The Morgan fingerprint density at radius 3 is 2.53 bits per heavy atom. The normalized spacial score (nSPS) is 24.5. The molecule has 0 saturated carbocycles. The number of sulfonamides is 1. The molecule has 0 amide bonds. The molecule has 0 aromatic heterocycles. The summed E-state index contributed by atoms with van der Waals surface area (Å²) >= 11 is 1.26. The van der Waals surface area contributed by atoms with Crippen molar-refractivity contribution >= 4 is 27.8 Å². The van der Waals surface area contributed by atoms with Gasteiger partial charge in [0.2, 0.25) is 10.0 Å². The summed E-state index contributed by atoms with van der Waals surface area (Å²) in [5.41, 5.74) is 0. The van der Waals surface area contributed by atoms with Crippen LogP contribution in [0.5, 0.6) is 0 Å². The van der Waals surface area contributed by atoms with E-state index < -0.39 is 33.2 Å². The average molecular weight is 305 g/mol. The number of carboxylic acids is 1. The lowest BCUT2D eigenvalue weighted by molar-refractivity contribution is -0.140. The van der Waals surface area contributed by atoms with Gasteiger partial charge in [0.05, 0.1) is 10.3 Å². The number of carboxylic acid groups (broad SMARTS) is 1. The molecule has 2 atom stereocenters. The molecule has 2 unspecified atom stereocenters. The van der Waals surface area contributed by atoms with Gasteiger partial charge in [-0.15, -0.1) is 11.8 Å². The summed E-state index contributed by atoms with van der Waals surface area (Å²) in [7, 11) is -3.93. The highest BCUT2D eigenvalue weighted by atomic mass is 32.2. The summed E-state index contributed by atoms with van der Waals surface area (Å²) in [5, 5.41) is 8.61. The summed E-state index contributed by atoms with van der Waals surface area (Å²) in [6, 6.07) is 3.26. The van der Waals surface area contributed by atoms with Gasteiger partial charge < -0.3 is 5.11 Å². The van der Waals surface area contributed by atoms with Gasteiger partial charge in [-0.1, -0.05) is 0 Å². The third-order valence-electron chi connectivity index (χ3n) is 2.83. The number of benzene rings is 1. The van der Waals surface area contributed by atoms with Crippen molar-refractivity contribution in [1.82, 2.24) is 4.31 Å². The Morgan fingerprint density at radius 1 is 1.42 bits per heavy atom. The van der Waals surface area contributed by atoms with Gasteiger partial charge in [-0.25, -0.2) is 12.8 Å². The fourth-order valence-corrected chi connectivity index (χ4v) is 5.19. The molecule has 0 bridgehead atoms. The van der Waals surface area contributed by atoms with E-state index in [1.54, 1.807) is 6.92 Å². The Labute approximate surface area is 114 Å². The molecule has 1 saturated heterocycles. The number of hydrogen-bond acceptors (Lipinski definition) is 4. The van der Waals surface area contributed by atoms with Crippen LogP contribution in [0.15, 0.2) is 29.2 Å². The lowest BCUT2D eigenvalue weighted by Crippen LogP contribution is -2.44. The minimum absolute atomic E-state index is 0.102. The number of hydrogen-bond donors (Lipinski definition) is 1. The molecule has 19 heavy (non-hydrogen) atoms. The first-order valence-electron chi connectivity index (χ1n) is 5.47. The summed E-state index contributed by atoms with van der Waals surface area (Å²) in [6.07, 6.45) is 0. The van der Waals surface area contributed by atoms with E-state index in [0.717, 1.165) is 28.6 Å². The lowest BCUT2D eigenvalue weighted by atomic mass is 10.3. The van der Waals surface area contributed by atoms with Crippen molar-refractivity contribution in [3.8, 4) is 0 Å². The zero-order chi connectivity index (χ0) is 14.2. The van der Waals surface area contributed by atoms with Crippen LogP contribution in [0, 0.1) is 5.82 Å². The second-order valence-electron chi connectivity index (χ2n) is 4.08. The van der Waals surface area contributed by atoms with Crippen LogP contribution >= 0.6 is 11.8 Å². The van der Waals surface area contributed by atoms with Gasteiger partial charge in [0, 0.05) is 5.75 Å². The molecule has 1 N–H and O–H groups in total. The predicted octanol–water partition coefficient (Wildman–Crippen LogP) is 1.36. The first kappa shape index (κ1) is 14.3. The number of nitrogens with zero attached hydrogens (tertiary/aromatic N) is 1. The van der Waals surface area contributed by atoms with Crippen molar-refractivity contribution in [1.29, 1.82) is 0 Å². The number of aliphatic carboxylic acids is 1. The zero-order valence-corrected chi connectivity index (χ0v) is 11.6. The highest BCUT2D eigenvalue weighted by Gasteiger charge is 2.44. The minimum Gasteiger partial charge on any atom is -0.480 e. The molecule has 1 aliphatic rings. The molecule has 104 valence electrons. The SMILES string of the molecule is CC1SCC(C(=O)O)N1S(=O)(=O)c1ccc(F)cc1. The fraction of sp³-hybridized carbons (Fsp3) is 0.364. The monoisotopic (exact) mass is 305 g/mol. The first-order chi connectivity index (χ1) is 8.84. The average Bonchev–Trinajstić information content (AvgIpc) is 2.72. The minimum atomic E-state index is -3.93. The second kappa shape index (κ2) is 5.10. The van der Waals surface area contributed by atoms with Crippen LogP contribution in [-0.4, -0.2) is 41.0 Å². The highest BCUT2D eigenvalue weighted by Crippen LogP contribution is 2.34. The van der Waals surface area contributed by atoms with E-state index >= 15 is 0 Å². The summed E-state index contributed by atoms with van der Waals surface area (Å²) in [6.45, 7) is 1.63. The van der Waals surface area contributed by atoms with Crippen molar-refractivity contribution in [2.75, 3.05) is 5.75 Å². The van der Waals surface area contributed by atoms with Crippen LogP contribution in [0.3, 0.4) is 0 Å². The smallest absolute Gasteiger partial charge is 0.322 e. The lowest BCUT2D eigenvalue weighted by Gasteiger charge is -2.24. The Morgan fingerprint density at radius 2 is 2.00 bits per heavy atom. The van der Waals surface area contributed by atoms with Gasteiger partial charge in [-0.05, 0) is 31.2 Å². The van der Waals surface area contributed by atoms with Crippen LogP contribution in [0.1, 0.15) is 6.92 Å². The standard InChI is InChI=1S/C11H12FNO4S2/c1-7-13(10(6-18-7)11(14)15)19(16,17)9-4-2-8(12)3-5-9/h2-5,7,10H,6H2,1H3,(H,14,15). The van der Waals surface area contributed by atoms with E-state index in [2.05, 4.69) is 0 Å². The molecule has 5 nitrogen and oxygen atoms in total. The summed E-state index contributed by atoms with van der Waals surface area (Å²) in [4.78, 5) is 11.0. The Kier molecular flexibility index (Phi) is 3.84. The maximum absolute atomic E-state index is 12.8. The van der Waals surface area contributed by atoms with E-state index in [-0.39, 0.29) is 10.6 Å². The highest BCUT2D eigenvalue weighted by molar-refractivity contribution is 8.01. The first-order valence-corrected chi connectivity index (χ1v) is 7.96. The maximum atomic E-state index is 12.8. The van der Waals surface area contributed by atoms with Gasteiger partial charge >= 0.3 is 5.97 Å². The van der Waals surface area contributed by atoms with Gasteiger partial charge in [-0.3, -0.25) is 4.79 Å². The maximum Gasteiger partial charge on any atom is 0.322 e. The molecule has 1 aliphatic heterocycles. The number of halogens is 1. The third kappa shape index (κ3) is 2.60. The van der Waals surface area contributed by atoms with E-state index in [9.17, 15) is 17.6 Å². The molecule has 1 fully saturated rings. The Hall–Kier alpha value is -1.12. The van der Waals surface area contributed by atoms with Crippen molar-refractivity contribution < 1.29 is 22.7 Å². The van der Waals surface area contributed by atoms with Gasteiger partial charge in [-0.2, -0.15) is 4.31 Å². The summed E-state index contributed by atoms with van der Waals surface area (Å²) in [5.74, 6) is -1.52. The van der Waals surface area contributed by atoms with Crippen LogP contribution in [0.2, 0.25) is 0 Å². The van der Waals surface area contributed by atoms with Crippen molar-refractivity contribution in [3.63, 3.8) is 0 Å². The van der Waals surface area contributed by atoms with E-state index in [1.807, 2.05) is 0 Å². The second-order valence-corrected chi connectivity index (χ2v) is 7.27. The fourth-order valence-electron chi connectivity index (χ4n) is 1.90. The predicted molar refractivity (Wildman–Crippen MR) is 68.8 cm³/mol. The van der Waals surface area contributed by atoms with Crippen LogP contribution in [-0.2, 0) is 14.8 Å². The van der Waals surface area contributed by atoms with E-state index in [0.29, 0.717) is 0 Å². The molecule has 2 rings (SSSR count). The molecule has 0 radical (unpaired) electrons. The molecule has 1 heterocycles. The number of rotatable bonds is 3. The Balaban J connectivity index is 2.43. The van der Waals surface area contributed by atoms with E-state index in [4.69, 9.17) is 5.11 Å². The Bertz CT molecular complexity index is 587. The topological polar surface area (TPSA) is 74.7 Å². The number of carbonyl (C=O) groups is 1. The van der Waals surface area contributed by atoms with Crippen molar-refractivity contribution in [3.05, 3.63) is 30.1 Å². The molecular weight excluding hydrogens is 293 g/mol. The van der Waals surface area contributed by atoms with Crippen LogP contribution < -0.4 is 0 Å². The van der Waals surface area contributed by atoms with Gasteiger partial charge in [0.15, 0.2) is 0 Å². The van der Waals surface area contributed by atoms with Gasteiger partial charge in [0.1, 0.15) is 11.9 Å². The van der Waals surface area contributed by atoms with Crippen molar-refractivity contribution in [2.24, 2.45) is 0 Å². The van der Waals surface area contributed by atoms with Crippen LogP contribution in [0.4, 0.5) is 4.39 Å². The molecule has 8 heteroatoms. The van der Waals surface area contributed by atoms with Gasteiger partial charge in [0.25, 0.3) is 0 Å². The van der Waals surface area contributed by atoms with Crippen LogP contribution in [0.25, 0.3) is 0 Å². The molecule has 1 aromatic carbocycles. The number of thioether (sulfide) groups is 1.